The Bertz CT molecular complexity index is 807. The summed E-state index contributed by atoms with van der Waals surface area (Å²) in [6, 6.07) is 5.78. The molecule has 2 heterocycles. The second-order valence-corrected chi connectivity index (χ2v) is 5.68. The highest BCUT2D eigenvalue weighted by molar-refractivity contribution is 7.98. The lowest BCUT2D eigenvalue weighted by Gasteiger charge is -2.12. The first-order valence-electron chi connectivity index (χ1n) is 6.63. The van der Waals surface area contributed by atoms with Crippen molar-refractivity contribution in [2.24, 2.45) is 0 Å². The van der Waals surface area contributed by atoms with E-state index in [0.717, 1.165) is 21.4 Å². The highest BCUT2D eigenvalue weighted by Gasteiger charge is 2.15. The van der Waals surface area contributed by atoms with Gasteiger partial charge in [0.05, 0.1) is 23.2 Å². The van der Waals surface area contributed by atoms with Gasteiger partial charge in [-0.15, -0.1) is 11.8 Å². The number of aliphatic hydroxyl groups is 1. The van der Waals surface area contributed by atoms with E-state index in [0.29, 0.717) is 23.3 Å². The lowest BCUT2D eigenvalue weighted by atomic mass is 10.1. The fraction of sp³-hybridized carbons (Fsp3) is 0.214. The smallest absolute Gasteiger partial charge is 0.164 e. The number of aromatic amines is 1. The maximum absolute atomic E-state index is 9.00. The Kier molecular flexibility index (Phi) is 4.47. The minimum absolute atomic E-state index is 0.0160. The minimum Gasteiger partial charge on any atom is -0.395 e. The summed E-state index contributed by atoms with van der Waals surface area (Å²) >= 11 is 7.75. The zero-order valence-electron chi connectivity index (χ0n) is 11.8. The Hall–Kier alpha value is -1.83. The molecule has 3 N–H and O–H groups in total. The number of benzene rings is 1. The number of hydrogen-bond donors (Lipinski definition) is 3. The highest BCUT2D eigenvalue weighted by Crippen LogP contribution is 2.34. The van der Waals surface area contributed by atoms with E-state index in [1.165, 1.54) is 11.8 Å². The maximum atomic E-state index is 9.00. The first-order chi connectivity index (χ1) is 10.7. The molecule has 22 heavy (non-hydrogen) atoms. The highest BCUT2D eigenvalue weighted by atomic mass is 35.5. The molecule has 0 fully saturated rings. The van der Waals surface area contributed by atoms with Gasteiger partial charge >= 0.3 is 0 Å². The second kappa shape index (κ2) is 6.51. The first-order valence-corrected chi connectivity index (χ1v) is 8.23. The summed E-state index contributed by atoms with van der Waals surface area (Å²) in [5, 5.41) is 20.4. The van der Waals surface area contributed by atoms with Crippen LogP contribution in [0.1, 0.15) is 0 Å². The van der Waals surface area contributed by atoms with Gasteiger partial charge < -0.3 is 10.4 Å². The van der Waals surface area contributed by atoms with E-state index in [1.807, 2.05) is 24.5 Å². The number of H-pyrrole nitrogens is 1. The number of aliphatic hydroxyl groups excluding tert-OH is 1. The van der Waals surface area contributed by atoms with Gasteiger partial charge in [-0.2, -0.15) is 5.10 Å². The van der Waals surface area contributed by atoms with Gasteiger partial charge in [-0.3, -0.25) is 5.10 Å². The lowest BCUT2D eigenvalue weighted by Crippen LogP contribution is -2.09. The Morgan fingerprint density at radius 1 is 1.36 bits per heavy atom. The number of nitrogens with one attached hydrogen (secondary N) is 2. The summed E-state index contributed by atoms with van der Waals surface area (Å²) in [4.78, 5) is 9.73. The van der Waals surface area contributed by atoms with Crippen molar-refractivity contribution in [3.05, 3.63) is 29.5 Å². The van der Waals surface area contributed by atoms with Crippen LogP contribution in [0.5, 0.6) is 0 Å². The Morgan fingerprint density at radius 2 is 2.23 bits per heavy atom. The van der Waals surface area contributed by atoms with Crippen molar-refractivity contribution in [1.29, 1.82) is 0 Å². The number of thioether (sulfide) groups is 1. The summed E-state index contributed by atoms with van der Waals surface area (Å²) < 4.78 is 0. The predicted octanol–water partition coefficient (Wildman–Crippen LogP) is 2.80. The molecule has 0 radical (unpaired) electrons. The van der Waals surface area contributed by atoms with E-state index in [2.05, 4.69) is 25.5 Å². The lowest BCUT2D eigenvalue weighted by molar-refractivity contribution is 0.311. The number of halogens is 1. The molecule has 0 spiro atoms. The molecule has 0 bridgehead atoms. The molecular weight excluding hydrogens is 322 g/mol. The first kappa shape index (κ1) is 15.1. The third-order valence-electron chi connectivity index (χ3n) is 3.16. The summed E-state index contributed by atoms with van der Waals surface area (Å²) in [6.07, 6.45) is 3.65. The summed E-state index contributed by atoms with van der Waals surface area (Å²) in [7, 11) is 0. The topological polar surface area (TPSA) is 86.7 Å². The van der Waals surface area contributed by atoms with Crippen molar-refractivity contribution in [2.45, 2.75) is 4.90 Å². The molecule has 0 amide bonds. The third-order valence-corrected chi connectivity index (χ3v) is 4.34. The van der Waals surface area contributed by atoms with Gasteiger partial charge in [-0.1, -0.05) is 23.7 Å². The van der Waals surface area contributed by atoms with Gasteiger partial charge in [0.15, 0.2) is 5.82 Å². The van der Waals surface area contributed by atoms with Crippen LogP contribution in [0.3, 0.4) is 0 Å². The molecule has 6 nitrogen and oxygen atoms in total. The molecule has 0 aliphatic carbocycles. The van der Waals surface area contributed by atoms with Crippen LogP contribution in [-0.2, 0) is 0 Å². The fourth-order valence-corrected chi connectivity index (χ4v) is 3.11. The van der Waals surface area contributed by atoms with Gasteiger partial charge in [-0.25, -0.2) is 9.97 Å². The molecule has 0 atom stereocenters. The molecule has 0 saturated heterocycles. The van der Waals surface area contributed by atoms with Crippen LogP contribution in [0.4, 0.5) is 5.82 Å². The third kappa shape index (κ3) is 2.75. The molecule has 3 aromatic rings. The zero-order valence-corrected chi connectivity index (χ0v) is 13.4. The Morgan fingerprint density at radius 3 is 3.00 bits per heavy atom. The van der Waals surface area contributed by atoms with E-state index in [-0.39, 0.29) is 6.61 Å². The SMILES string of the molecule is CSc1c(Cl)nc(-c2cccc3[nH]ncc23)nc1NCCO. The predicted molar refractivity (Wildman–Crippen MR) is 89.5 cm³/mol. The quantitative estimate of drug-likeness (QED) is 0.491. The van der Waals surface area contributed by atoms with Crippen LogP contribution in [0.2, 0.25) is 5.15 Å². The van der Waals surface area contributed by atoms with Crippen molar-refractivity contribution >= 4 is 40.1 Å². The average molecular weight is 336 g/mol. The van der Waals surface area contributed by atoms with Crippen molar-refractivity contribution in [3.63, 3.8) is 0 Å². The average Bonchev–Trinajstić information content (AvgIpc) is 3.00. The van der Waals surface area contributed by atoms with E-state index in [4.69, 9.17) is 16.7 Å². The Balaban J connectivity index is 2.14. The second-order valence-electron chi connectivity index (χ2n) is 4.51. The monoisotopic (exact) mass is 335 g/mol. The van der Waals surface area contributed by atoms with Gasteiger partial charge in [0.25, 0.3) is 0 Å². The summed E-state index contributed by atoms with van der Waals surface area (Å²) in [5.41, 5.74) is 1.77. The van der Waals surface area contributed by atoms with Gasteiger partial charge in [0, 0.05) is 17.5 Å². The fourth-order valence-electron chi connectivity index (χ4n) is 2.18. The molecule has 8 heteroatoms. The summed E-state index contributed by atoms with van der Waals surface area (Å²) in [6.45, 7) is 0.415. The molecule has 1 aromatic carbocycles. The number of hydrogen-bond acceptors (Lipinski definition) is 6. The number of fused-ring (bicyclic) bond motifs is 1. The van der Waals surface area contributed by atoms with Gasteiger partial charge in [0.1, 0.15) is 11.0 Å². The van der Waals surface area contributed by atoms with Crippen LogP contribution >= 0.6 is 23.4 Å². The van der Waals surface area contributed by atoms with Crippen LogP contribution in [0.15, 0.2) is 29.3 Å². The molecule has 0 aliphatic heterocycles. The number of rotatable bonds is 5. The van der Waals surface area contributed by atoms with E-state index >= 15 is 0 Å². The van der Waals surface area contributed by atoms with E-state index < -0.39 is 0 Å². The maximum Gasteiger partial charge on any atom is 0.164 e. The minimum atomic E-state index is 0.0160. The molecule has 0 saturated carbocycles. The molecule has 114 valence electrons. The van der Waals surface area contributed by atoms with Crippen LogP contribution in [0, 0.1) is 0 Å². The molecule has 0 unspecified atom stereocenters. The van der Waals surface area contributed by atoms with Crippen LogP contribution < -0.4 is 5.32 Å². The summed E-state index contributed by atoms with van der Waals surface area (Å²) in [5.74, 6) is 1.15. The number of nitrogens with zero attached hydrogens (tertiary/aromatic N) is 3. The molecule has 0 aliphatic rings. The standard InChI is InChI=1S/C14H14ClN5OS/c1-22-11-12(15)18-13(19-14(11)16-5-6-21)8-3-2-4-10-9(8)7-17-20-10/h2-4,7,21H,5-6H2,1H3,(H,17,20)(H,16,18,19). The van der Waals surface area contributed by atoms with Gasteiger partial charge in [-0.05, 0) is 12.3 Å². The number of aromatic nitrogens is 4. The largest absolute Gasteiger partial charge is 0.395 e. The van der Waals surface area contributed by atoms with Crippen molar-refractivity contribution in [3.8, 4) is 11.4 Å². The normalized spacial score (nSPS) is 11.0. The Labute approximate surface area is 136 Å². The zero-order chi connectivity index (χ0) is 15.5. The molecular formula is C14H14ClN5OS. The molecule has 2 aromatic heterocycles. The van der Waals surface area contributed by atoms with Crippen LogP contribution in [-0.4, -0.2) is 44.7 Å². The van der Waals surface area contributed by atoms with Crippen molar-refractivity contribution in [2.75, 3.05) is 24.7 Å². The molecule has 3 rings (SSSR count). The number of anilines is 1. The van der Waals surface area contributed by atoms with Gasteiger partial charge in [0.2, 0.25) is 0 Å². The van der Waals surface area contributed by atoms with E-state index in [9.17, 15) is 0 Å². The van der Waals surface area contributed by atoms with Crippen molar-refractivity contribution in [1.82, 2.24) is 20.2 Å². The van der Waals surface area contributed by atoms with Crippen molar-refractivity contribution < 1.29 is 5.11 Å². The van der Waals surface area contributed by atoms with E-state index in [1.54, 1.807) is 6.20 Å². The van der Waals surface area contributed by atoms with Crippen LogP contribution in [0.25, 0.3) is 22.3 Å².